The molecule has 0 bridgehead atoms. The molecule has 0 aliphatic carbocycles. The number of rotatable bonds is 6. The summed E-state index contributed by atoms with van der Waals surface area (Å²) in [5.41, 5.74) is 4.69. The summed E-state index contributed by atoms with van der Waals surface area (Å²) in [6.45, 7) is 8.67. The quantitative estimate of drug-likeness (QED) is 0.333. The fraction of sp³-hybridized carbons (Fsp3) is 0.267. The van der Waals surface area contributed by atoms with E-state index in [-0.39, 0.29) is 22.7 Å². The van der Waals surface area contributed by atoms with E-state index in [0.29, 0.717) is 17.5 Å². The molecule has 3 aromatic carbocycles. The summed E-state index contributed by atoms with van der Waals surface area (Å²) in [4.78, 5) is 6.92. The first kappa shape index (κ1) is 24.7. The van der Waals surface area contributed by atoms with E-state index < -0.39 is 5.82 Å². The molecule has 2 N–H and O–H groups in total. The molecule has 4 aromatic rings. The van der Waals surface area contributed by atoms with Gasteiger partial charge >= 0.3 is 0 Å². The Hall–Kier alpha value is -4.02. The highest BCUT2D eigenvalue weighted by Crippen LogP contribution is 2.42. The van der Waals surface area contributed by atoms with E-state index in [1.807, 2.05) is 31.2 Å². The predicted molar refractivity (Wildman–Crippen MR) is 142 cm³/mol. The first-order valence-electron chi connectivity index (χ1n) is 12.3. The number of halogens is 2. The Morgan fingerprint density at radius 1 is 1.05 bits per heavy atom. The second kappa shape index (κ2) is 9.79. The van der Waals surface area contributed by atoms with E-state index in [2.05, 4.69) is 29.0 Å². The van der Waals surface area contributed by atoms with Crippen LogP contribution in [0.2, 0.25) is 0 Å². The van der Waals surface area contributed by atoms with Crippen LogP contribution >= 0.6 is 0 Å². The van der Waals surface area contributed by atoms with Crippen molar-refractivity contribution in [3.8, 4) is 34.1 Å². The van der Waals surface area contributed by atoms with Gasteiger partial charge in [0.1, 0.15) is 23.5 Å². The van der Waals surface area contributed by atoms with Crippen LogP contribution in [0.1, 0.15) is 25.0 Å². The van der Waals surface area contributed by atoms with Crippen LogP contribution in [-0.2, 0) is 0 Å². The average molecular weight is 499 g/mol. The van der Waals surface area contributed by atoms with Crippen LogP contribution in [0.25, 0.3) is 33.2 Å². The third kappa shape index (κ3) is 4.85. The highest BCUT2D eigenvalue weighted by molar-refractivity contribution is 6.02. The van der Waals surface area contributed by atoms with Gasteiger partial charge in [-0.15, -0.1) is 0 Å². The molecular weight excluding hydrogens is 470 g/mol. The molecule has 188 valence electrons. The van der Waals surface area contributed by atoms with Gasteiger partial charge in [0.25, 0.3) is 0 Å². The molecule has 0 atom stereocenters. The number of nitriles is 1. The van der Waals surface area contributed by atoms with Crippen molar-refractivity contribution in [3.05, 3.63) is 77.5 Å². The molecule has 0 radical (unpaired) electrons. The second-order valence-corrected chi connectivity index (χ2v) is 10.1. The molecule has 0 spiro atoms. The van der Waals surface area contributed by atoms with E-state index in [1.165, 1.54) is 18.2 Å². The van der Waals surface area contributed by atoms with Crippen LogP contribution in [0, 0.1) is 35.8 Å². The Balaban J connectivity index is 1.67. The number of hydrogen-bond acceptors (Lipinski definition) is 5. The largest absolute Gasteiger partial charge is 0.506 e. The summed E-state index contributed by atoms with van der Waals surface area (Å²) >= 11 is 0. The van der Waals surface area contributed by atoms with Crippen LogP contribution in [0.4, 0.5) is 14.5 Å². The third-order valence-electron chi connectivity index (χ3n) is 6.79. The minimum atomic E-state index is -0.602. The van der Waals surface area contributed by atoms with Crippen molar-refractivity contribution >= 4 is 16.6 Å². The Kier molecular flexibility index (Phi) is 6.53. The minimum absolute atomic E-state index is 0.124. The van der Waals surface area contributed by atoms with Crippen molar-refractivity contribution in [2.75, 3.05) is 24.5 Å². The van der Waals surface area contributed by atoms with Crippen molar-refractivity contribution in [1.29, 1.82) is 5.26 Å². The lowest BCUT2D eigenvalue weighted by Crippen LogP contribution is -2.51. The minimum Gasteiger partial charge on any atom is -0.506 e. The van der Waals surface area contributed by atoms with Gasteiger partial charge < -0.3 is 15.3 Å². The lowest BCUT2D eigenvalue weighted by atomic mass is 9.92. The maximum atomic E-state index is 14.4. The van der Waals surface area contributed by atoms with Crippen LogP contribution in [-0.4, -0.2) is 35.8 Å². The summed E-state index contributed by atoms with van der Waals surface area (Å²) in [6.07, 6.45) is 1.78. The molecule has 0 saturated carbocycles. The molecule has 0 amide bonds. The molecular formula is C30H28F2N4O. The lowest BCUT2D eigenvalue weighted by Gasteiger charge is -2.43. The molecule has 5 rings (SSSR count). The van der Waals surface area contributed by atoms with Gasteiger partial charge in [0.05, 0.1) is 16.8 Å². The zero-order chi connectivity index (χ0) is 26.3. The lowest BCUT2D eigenvalue weighted by molar-refractivity contribution is 0.373. The van der Waals surface area contributed by atoms with Crippen LogP contribution in [0.5, 0.6) is 5.75 Å². The van der Waals surface area contributed by atoms with Gasteiger partial charge in [-0.05, 0) is 60.0 Å². The van der Waals surface area contributed by atoms with Crippen LogP contribution in [0.15, 0.2) is 54.7 Å². The van der Waals surface area contributed by atoms with E-state index >= 15 is 0 Å². The van der Waals surface area contributed by atoms with E-state index in [9.17, 15) is 19.1 Å². The maximum Gasteiger partial charge on any atom is 0.141 e. The van der Waals surface area contributed by atoms with Gasteiger partial charge in [0.2, 0.25) is 0 Å². The molecule has 0 unspecified atom stereocenters. The first-order valence-corrected chi connectivity index (χ1v) is 12.3. The summed E-state index contributed by atoms with van der Waals surface area (Å²) in [7, 11) is 0. The zero-order valence-electron chi connectivity index (χ0n) is 21.0. The van der Waals surface area contributed by atoms with Crippen molar-refractivity contribution in [1.82, 2.24) is 10.3 Å². The number of benzene rings is 3. The number of aromatic hydroxyl groups is 1. The van der Waals surface area contributed by atoms with Crippen LogP contribution in [0.3, 0.4) is 0 Å². The number of fused-ring (bicyclic) bond motifs is 1. The second-order valence-electron chi connectivity index (χ2n) is 10.1. The monoisotopic (exact) mass is 498 g/mol. The number of aromatic nitrogens is 1. The highest BCUT2D eigenvalue weighted by atomic mass is 19.1. The number of anilines is 1. The smallest absolute Gasteiger partial charge is 0.141 e. The van der Waals surface area contributed by atoms with Crippen LogP contribution < -0.4 is 10.2 Å². The number of aryl methyl sites for hydroxylation is 1. The van der Waals surface area contributed by atoms with Gasteiger partial charge in [-0.2, -0.15) is 5.26 Å². The Labute approximate surface area is 215 Å². The first-order chi connectivity index (χ1) is 17.7. The summed E-state index contributed by atoms with van der Waals surface area (Å²) < 4.78 is 28.7. The number of phenols is 1. The molecule has 2 heterocycles. The van der Waals surface area contributed by atoms with Gasteiger partial charge in [-0.1, -0.05) is 26.0 Å². The fourth-order valence-electron chi connectivity index (χ4n) is 4.98. The Bertz CT molecular complexity index is 1520. The number of pyridine rings is 1. The number of phenolic OH excluding ortho intramolecular Hbond substituents is 1. The molecule has 7 heteroatoms. The number of hydrogen-bond donors (Lipinski definition) is 2. The Morgan fingerprint density at radius 2 is 1.81 bits per heavy atom. The van der Waals surface area contributed by atoms with Gasteiger partial charge in [-0.25, -0.2) is 8.78 Å². The van der Waals surface area contributed by atoms with Crippen molar-refractivity contribution in [3.63, 3.8) is 0 Å². The topological polar surface area (TPSA) is 72.2 Å². The average Bonchev–Trinajstić information content (AvgIpc) is 2.83. The molecule has 5 nitrogen and oxygen atoms in total. The molecule has 1 aromatic heterocycles. The summed E-state index contributed by atoms with van der Waals surface area (Å²) in [6, 6.07) is 14.9. The molecule has 37 heavy (non-hydrogen) atoms. The maximum absolute atomic E-state index is 14.4. The SMILES string of the molecule is Cc1cc(F)cc(-c2cnc3ccc(-c4cc(F)cc(C#N)c4O)cc3c2N2CC(CNC(C)C)C2)c1. The zero-order valence-corrected chi connectivity index (χ0v) is 21.0. The van der Waals surface area contributed by atoms with Crippen molar-refractivity contribution < 1.29 is 13.9 Å². The molecule has 1 aliphatic heterocycles. The fourth-order valence-corrected chi connectivity index (χ4v) is 4.98. The highest BCUT2D eigenvalue weighted by Gasteiger charge is 2.30. The van der Waals surface area contributed by atoms with Crippen molar-refractivity contribution in [2.24, 2.45) is 5.92 Å². The van der Waals surface area contributed by atoms with Gasteiger partial charge in [-0.3, -0.25) is 4.98 Å². The van der Waals surface area contributed by atoms with E-state index in [4.69, 9.17) is 0 Å². The normalized spacial score (nSPS) is 13.7. The van der Waals surface area contributed by atoms with E-state index in [0.717, 1.165) is 59.0 Å². The molecule has 1 aliphatic rings. The number of nitrogens with one attached hydrogen (secondary N) is 1. The molecule has 1 saturated heterocycles. The Morgan fingerprint density at radius 3 is 2.51 bits per heavy atom. The van der Waals surface area contributed by atoms with Crippen molar-refractivity contribution in [2.45, 2.75) is 26.8 Å². The van der Waals surface area contributed by atoms with Gasteiger partial charge in [0.15, 0.2) is 0 Å². The summed E-state index contributed by atoms with van der Waals surface area (Å²) in [5.74, 6) is -0.707. The third-order valence-corrected chi connectivity index (χ3v) is 6.79. The van der Waals surface area contributed by atoms with Gasteiger partial charge in [0, 0.05) is 54.3 Å². The predicted octanol–water partition coefficient (Wildman–Crippen LogP) is 6.17. The summed E-state index contributed by atoms with van der Waals surface area (Å²) in [5, 5.41) is 24.3. The standard InChI is InChI=1S/C30H28F2N4O/c1-17(2)34-13-19-15-36(16-19)29-26-10-20(25-11-24(32)9-22(12-33)30(25)37)4-5-28(26)35-14-27(29)21-6-18(3)7-23(31)8-21/h4-11,14,17,19,34,37H,13,15-16H2,1-3H3. The molecule has 1 fully saturated rings. The van der Waals surface area contributed by atoms with E-state index in [1.54, 1.807) is 12.3 Å². The number of nitrogens with zero attached hydrogens (tertiary/aromatic N) is 3.